The molecular weight excluding hydrogens is 345 g/mol. The van der Waals surface area contributed by atoms with Crippen LogP contribution in [0.25, 0.3) is 0 Å². The van der Waals surface area contributed by atoms with E-state index in [9.17, 15) is 9.18 Å². The average Bonchev–Trinajstić information content (AvgIpc) is 3.08. The molecule has 0 spiro atoms. The van der Waals surface area contributed by atoms with Crippen LogP contribution in [0.3, 0.4) is 0 Å². The second kappa shape index (κ2) is 9.08. The minimum atomic E-state index is -0.209. The van der Waals surface area contributed by atoms with Crippen molar-refractivity contribution in [2.75, 3.05) is 19.6 Å². The van der Waals surface area contributed by atoms with E-state index < -0.39 is 0 Å². The fourth-order valence-electron chi connectivity index (χ4n) is 3.66. The van der Waals surface area contributed by atoms with Crippen molar-refractivity contribution in [3.63, 3.8) is 0 Å². The number of carbonyl (C=O) groups is 1. The average molecular weight is 373 g/mol. The highest BCUT2D eigenvalue weighted by Crippen LogP contribution is 2.20. The van der Waals surface area contributed by atoms with E-state index in [0.29, 0.717) is 18.9 Å². The zero-order chi connectivity index (χ0) is 19.2. The van der Waals surface area contributed by atoms with Gasteiger partial charge in [0.05, 0.1) is 6.54 Å². The van der Waals surface area contributed by atoms with Gasteiger partial charge in [0.25, 0.3) is 0 Å². The first-order valence-electron chi connectivity index (χ1n) is 9.61. The van der Waals surface area contributed by atoms with Crippen molar-refractivity contribution < 1.29 is 9.18 Å². The molecule has 0 N–H and O–H groups in total. The molecule has 0 saturated carbocycles. The Morgan fingerprint density at radius 1 is 1.26 bits per heavy atom. The van der Waals surface area contributed by atoms with Crippen LogP contribution in [-0.4, -0.2) is 56.1 Å². The van der Waals surface area contributed by atoms with E-state index in [-0.39, 0.29) is 17.8 Å². The smallest absolute Gasteiger partial charge is 0.224 e. The highest BCUT2D eigenvalue weighted by Gasteiger charge is 2.29. The maximum absolute atomic E-state index is 13.2. The number of aryl methyl sites for hydroxylation is 1. The minimum Gasteiger partial charge on any atom is -0.341 e. The van der Waals surface area contributed by atoms with Gasteiger partial charge in [0.2, 0.25) is 5.91 Å². The summed E-state index contributed by atoms with van der Waals surface area (Å²) < 4.78 is 14.9. The van der Waals surface area contributed by atoms with Gasteiger partial charge >= 0.3 is 0 Å². The van der Waals surface area contributed by atoms with Gasteiger partial charge in [0.1, 0.15) is 18.5 Å². The quantitative estimate of drug-likeness (QED) is 0.781. The first kappa shape index (κ1) is 19.5. The molecule has 2 aromatic rings. The predicted octanol–water partition coefficient (Wildman–Crippen LogP) is 2.57. The maximum atomic E-state index is 13.2. The first-order valence-corrected chi connectivity index (χ1v) is 9.61. The summed E-state index contributed by atoms with van der Waals surface area (Å²) in [6.45, 7) is 8.18. The highest BCUT2D eigenvalue weighted by atomic mass is 19.1. The molecule has 6 nitrogen and oxygen atoms in total. The lowest BCUT2D eigenvalue weighted by Gasteiger charge is -2.34. The van der Waals surface area contributed by atoms with Gasteiger partial charge in [-0.1, -0.05) is 26.0 Å². The van der Waals surface area contributed by atoms with Gasteiger partial charge in [0.15, 0.2) is 0 Å². The summed E-state index contributed by atoms with van der Waals surface area (Å²) >= 11 is 0. The Morgan fingerprint density at radius 3 is 2.70 bits per heavy atom. The van der Waals surface area contributed by atoms with Crippen LogP contribution >= 0.6 is 0 Å². The van der Waals surface area contributed by atoms with E-state index >= 15 is 0 Å². The molecule has 7 heteroatoms. The predicted molar refractivity (Wildman–Crippen MR) is 101 cm³/mol. The van der Waals surface area contributed by atoms with Gasteiger partial charge in [-0.25, -0.2) is 9.37 Å². The molecule has 1 amide bonds. The Bertz CT molecular complexity index is 716. The molecule has 146 valence electrons. The summed E-state index contributed by atoms with van der Waals surface area (Å²) in [7, 11) is 0. The number of carbonyl (C=O) groups excluding carboxylic acids is 1. The zero-order valence-electron chi connectivity index (χ0n) is 16.1. The second-order valence-corrected chi connectivity index (χ2v) is 7.51. The van der Waals surface area contributed by atoms with Crippen LogP contribution in [0.2, 0.25) is 0 Å². The van der Waals surface area contributed by atoms with Gasteiger partial charge in [-0.2, -0.15) is 5.10 Å². The number of hydrogen-bond acceptors (Lipinski definition) is 4. The third-order valence-electron chi connectivity index (χ3n) is 5.19. The molecule has 1 aromatic heterocycles. The van der Waals surface area contributed by atoms with Crippen molar-refractivity contribution in [3.8, 4) is 0 Å². The molecule has 1 aliphatic heterocycles. The van der Waals surface area contributed by atoms with Gasteiger partial charge in [0, 0.05) is 38.6 Å². The van der Waals surface area contributed by atoms with E-state index in [1.54, 1.807) is 11.0 Å². The summed E-state index contributed by atoms with van der Waals surface area (Å²) in [4.78, 5) is 21.1. The molecule has 1 aromatic carbocycles. The normalized spacial score (nSPS) is 18.7. The maximum Gasteiger partial charge on any atom is 0.224 e. The molecule has 3 rings (SSSR count). The number of halogens is 1. The van der Waals surface area contributed by atoms with Crippen LogP contribution in [0.5, 0.6) is 0 Å². The van der Waals surface area contributed by atoms with Gasteiger partial charge in [-0.3, -0.25) is 14.4 Å². The molecule has 2 heterocycles. The molecule has 1 saturated heterocycles. The van der Waals surface area contributed by atoms with Crippen LogP contribution < -0.4 is 0 Å². The lowest BCUT2D eigenvalue weighted by Crippen LogP contribution is -2.45. The van der Waals surface area contributed by atoms with E-state index in [2.05, 4.69) is 28.8 Å². The van der Waals surface area contributed by atoms with E-state index in [1.807, 2.05) is 17.0 Å². The van der Waals surface area contributed by atoms with Crippen LogP contribution in [0, 0.1) is 11.7 Å². The van der Waals surface area contributed by atoms with Crippen LogP contribution in [-0.2, 0) is 17.9 Å². The summed E-state index contributed by atoms with van der Waals surface area (Å²) in [5, 5.41) is 4.06. The minimum absolute atomic E-state index is 0.166. The Hall–Kier alpha value is -2.28. The summed E-state index contributed by atoms with van der Waals surface area (Å²) in [6.07, 6.45) is 4.50. The third-order valence-corrected chi connectivity index (χ3v) is 5.19. The Kier molecular flexibility index (Phi) is 6.55. The second-order valence-electron chi connectivity index (χ2n) is 7.51. The summed E-state index contributed by atoms with van der Waals surface area (Å²) in [5.74, 6) is 0.383. The van der Waals surface area contributed by atoms with Crippen molar-refractivity contribution >= 4 is 5.91 Å². The monoisotopic (exact) mass is 373 g/mol. The molecule has 27 heavy (non-hydrogen) atoms. The Balaban J connectivity index is 1.63. The topological polar surface area (TPSA) is 54.3 Å². The zero-order valence-corrected chi connectivity index (χ0v) is 16.1. The first-order chi connectivity index (χ1) is 13.0. The molecule has 1 fully saturated rings. The summed E-state index contributed by atoms with van der Waals surface area (Å²) in [6, 6.07) is 7.00. The van der Waals surface area contributed by atoms with Gasteiger partial charge in [-0.15, -0.1) is 0 Å². The fourth-order valence-corrected chi connectivity index (χ4v) is 3.66. The van der Waals surface area contributed by atoms with Crippen molar-refractivity contribution in [2.24, 2.45) is 5.92 Å². The molecule has 0 radical (unpaired) electrons. The van der Waals surface area contributed by atoms with Gasteiger partial charge < -0.3 is 4.90 Å². The van der Waals surface area contributed by atoms with E-state index in [0.717, 1.165) is 38.2 Å². The molecule has 0 unspecified atom stereocenters. The van der Waals surface area contributed by atoms with Crippen molar-refractivity contribution in [2.45, 2.75) is 45.8 Å². The van der Waals surface area contributed by atoms with Gasteiger partial charge in [-0.05, 0) is 30.0 Å². The molecule has 1 atom stereocenters. The van der Waals surface area contributed by atoms with Crippen molar-refractivity contribution in [3.05, 3.63) is 48.3 Å². The fraction of sp³-hybridized carbons (Fsp3) is 0.550. The number of amides is 1. The summed E-state index contributed by atoms with van der Waals surface area (Å²) in [5.41, 5.74) is 1.10. The highest BCUT2D eigenvalue weighted by molar-refractivity contribution is 5.76. The van der Waals surface area contributed by atoms with E-state index in [1.165, 1.54) is 18.5 Å². The van der Waals surface area contributed by atoms with E-state index in [4.69, 9.17) is 0 Å². The lowest BCUT2D eigenvalue weighted by atomic mass is 10.0. The van der Waals surface area contributed by atoms with Crippen LogP contribution in [0.15, 0.2) is 36.9 Å². The number of hydrogen-bond donors (Lipinski definition) is 0. The lowest BCUT2D eigenvalue weighted by molar-refractivity contribution is -0.132. The number of rotatable bonds is 6. The van der Waals surface area contributed by atoms with Crippen LogP contribution in [0.1, 0.15) is 32.3 Å². The molecule has 0 bridgehead atoms. The van der Waals surface area contributed by atoms with Crippen molar-refractivity contribution in [1.29, 1.82) is 0 Å². The standard InChI is InChI=1S/C20H28FN5O/c1-16(2)19-13-25(20(27)8-11-26-15-22-14-23-26)10-3-9-24(19)12-17-4-6-18(21)7-5-17/h4-7,14-16,19H,3,8-13H2,1-2H3/t19-/m1/s1. The Labute approximate surface area is 160 Å². The van der Waals surface area contributed by atoms with Crippen molar-refractivity contribution in [1.82, 2.24) is 24.6 Å². The largest absolute Gasteiger partial charge is 0.341 e. The number of nitrogens with zero attached hydrogens (tertiary/aromatic N) is 5. The van der Waals surface area contributed by atoms with Crippen LogP contribution in [0.4, 0.5) is 4.39 Å². The molecule has 1 aliphatic rings. The molecular formula is C20H28FN5O. The molecule has 0 aliphatic carbocycles. The number of benzene rings is 1. The Morgan fingerprint density at radius 2 is 2.04 bits per heavy atom. The third kappa shape index (κ3) is 5.35. The SMILES string of the molecule is CC(C)[C@H]1CN(C(=O)CCn2cncn2)CCCN1Cc1ccc(F)cc1. The number of aromatic nitrogens is 3.